The SMILES string of the molecule is CCC(C)NC(=O)c1ccc(NCCCOC)cn1. The average Bonchev–Trinajstić information content (AvgIpc) is 2.44. The highest BCUT2D eigenvalue weighted by molar-refractivity contribution is 5.92. The second kappa shape index (κ2) is 8.48. The van der Waals surface area contributed by atoms with Crippen molar-refractivity contribution < 1.29 is 9.53 Å². The van der Waals surface area contributed by atoms with Gasteiger partial charge in [0.2, 0.25) is 0 Å². The van der Waals surface area contributed by atoms with Crippen molar-refractivity contribution in [3.05, 3.63) is 24.0 Å². The number of methoxy groups -OCH3 is 1. The third kappa shape index (κ3) is 5.70. The molecule has 5 heteroatoms. The molecule has 0 saturated carbocycles. The maximum absolute atomic E-state index is 11.8. The topological polar surface area (TPSA) is 63.2 Å². The van der Waals surface area contributed by atoms with E-state index in [0.29, 0.717) is 5.69 Å². The number of ether oxygens (including phenoxy) is 1. The van der Waals surface area contributed by atoms with Gasteiger partial charge in [-0.25, -0.2) is 4.98 Å². The molecule has 1 aromatic heterocycles. The van der Waals surface area contributed by atoms with Gasteiger partial charge in [-0.15, -0.1) is 0 Å². The molecule has 2 N–H and O–H groups in total. The smallest absolute Gasteiger partial charge is 0.270 e. The van der Waals surface area contributed by atoms with Crippen LogP contribution in [0.15, 0.2) is 18.3 Å². The van der Waals surface area contributed by atoms with E-state index in [9.17, 15) is 4.79 Å². The van der Waals surface area contributed by atoms with Crippen molar-refractivity contribution >= 4 is 11.6 Å². The molecule has 0 aliphatic rings. The lowest BCUT2D eigenvalue weighted by Crippen LogP contribution is -2.32. The molecule has 106 valence electrons. The van der Waals surface area contributed by atoms with E-state index >= 15 is 0 Å². The largest absolute Gasteiger partial charge is 0.385 e. The lowest BCUT2D eigenvalue weighted by molar-refractivity contribution is 0.0934. The molecule has 0 bridgehead atoms. The number of hydrogen-bond acceptors (Lipinski definition) is 4. The Kier molecular flexibility index (Phi) is 6.89. The minimum absolute atomic E-state index is 0.125. The first-order valence-corrected chi connectivity index (χ1v) is 6.67. The van der Waals surface area contributed by atoms with Gasteiger partial charge in [0.15, 0.2) is 0 Å². The molecule has 0 aliphatic carbocycles. The summed E-state index contributed by atoms with van der Waals surface area (Å²) < 4.78 is 4.97. The number of aromatic nitrogens is 1. The van der Waals surface area contributed by atoms with Crippen molar-refractivity contribution in [2.45, 2.75) is 32.7 Å². The van der Waals surface area contributed by atoms with Crippen LogP contribution in [0.4, 0.5) is 5.69 Å². The Morgan fingerprint density at radius 2 is 2.26 bits per heavy atom. The van der Waals surface area contributed by atoms with Crippen LogP contribution in [0, 0.1) is 0 Å². The fourth-order valence-corrected chi connectivity index (χ4v) is 1.48. The Morgan fingerprint density at radius 3 is 2.84 bits per heavy atom. The number of hydrogen-bond donors (Lipinski definition) is 2. The Hall–Kier alpha value is -1.62. The third-order valence-corrected chi connectivity index (χ3v) is 2.84. The van der Waals surface area contributed by atoms with Crippen LogP contribution in [0.2, 0.25) is 0 Å². The summed E-state index contributed by atoms with van der Waals surface area (Å²) in [5.41, 5.74) is 1.36. The zero-order valence-electron chi connectivity index (χ0n) is 11.9. The van der Waals surface area contributed by atoms with Crippen LogP contribution in [0.5, 0.6) is 0 Å². The predicted molar refractivity (Wildman–Crippen MR) is 76.4 cm³/mol. The summed E-state index contributed by atoms with van der Waals surface area (Å²) >= 11 is 0. The molecule has 0 spiro atoms. The van der Waals surface area contributed by atoms with Gasteiger partial charge in [0.25, 0.3) is 5.91 Å². The summed E-state index contributed by atoms with van der Waals surface area (Å²) in [7, 11) is 1.69. The quantitative estimate of drug-likeness (QED) is 0.706. The van der Waals surface area contributed by atoms with E-state index in [4.69, 9.17) is 4.74 Å². The molecule has 0 aromatic carbocycles. The molecule has 0 radical (unpaired) electrons. The summed E-state index contributed by atoms with van der Waals surface area (Å²) in [6.45, 7) is 5.57. The zero-order chi connectivity index (χ0) is 14.1. The molecule has 1 amide bonds. The van der Waals surface area contributed by atoms with Gasteiger partial charge < -0.3 is 15.4 Å². The van der Waals surface area contributed by atoms with Gasteiger partial charge in [-0.05, 0) is 31.9 Å². The number of carbonyl (C=O) groups is 1. The van der Waals surface area contributed by atoms with Gasteiger partial charge in [-0.2, -0.15) is 0 Å². The van der Waals surface area contributed by atoms with Crippen LogP contribution in [0.25, 0.3) is 0 Å². The van der Waals surface area contributed by atoms with Crippen molar-refractivity contribution in [2.75, 3.05) is 25.6 Å². The van der Waals surface area contributed by atoms with Gasteiger partial charge in [-0.1, -0.05) is 6.92 Å². The van der Waals surface area contributed by atoms with Crippen LogP contribution < -0.4 is 10.6 Å². The van der Waals surface area contributed by atoms with E-state index < -0.39 is 0 Å². The summed E-state index contributed by atoms with van der Waals surface area (Å²) in [6, 6.07) is 3.77. The molecule has 5 nitrogen and oxygen atoms in total. The standard InChI is InChI=1S/C14H23N3O2/c1-4-11(2)17-14(18)13-7-6-12(10-16-13)15-8-5-9-19-3/h6-7,10-11,15H,4-5,8-9H2,1-3H3,(H,17,18). The van der Waals surface area contributed by atoms with Crippen molar-refractivity contribution in [2.24, 2.45) is 0 Å². The van der Waals surface area contributed by atoms with Crippen LogP contribution in [-0.4, -0.2) is 37.2 Å². The highest BCUT2D eigenvalue weighted by atomic mass is 16.5. The number of nitrogens with one attached hydrogen (secondary N) is 2. The molecule has 1 rings (SSSR count). The second-order valence-electron chi connectivity index (χ2n) is 4.49. The maximum Gasteiger partial charge on any atom is 0.270 e. The monoisotopic (exact) mass is 265 g/mol. The van der Waals surface area contributed by atoms with E-state index in [1.165, 1.54) is 0 Å². The van der Waals surface area contributed by atoms with Crippen molar-refractivity contribution in [3.8, 4) is 0 Å². The summed E-state index contributed by atoms with van der Waals surface area (Å²) in [6.07, 6.45) is 3.52. The van der Waals surface area contributed by atoms with E-state index in [1.54, 1.807) is 19.4 Å². The summed E-state index contributed by atoms with van der Waals surface area (Å²) in [5, 5.41) is 6.11. The first-order chi connectivity index (χ1) is 9.17. The van der Waals surface area contributed by atoms with Gasteiger partial charge in [0, 0.05) is 26.3 Å². The van der Waals surface area contributed by atoms with Gasteiger partial charge in [0.1, 0.15) is 5.69 Å². The minimum atomic E-state index is -0.125. The predicted octanol–water partition coefficient (Wildman–Crippen LogP) is 2.06. The summed E-state index contributed by atoms with van der Waals surface area (Å²) in [5.74, 6) is -0.125. The first-order valence-electron chi connectivity index (χ1n) is 6.67. The fourth-order valence-electron chi connectivity index (χ4n) is 1.48. The lowest BCUT2D eigenvalue weighted by atomic mass is 10.2. The number of rotatable bonds is 8. The minimum Gasteiger partial charge on any atom is -0.385 e. The van der Waals surface area contributed by atoms with Crippen LogP contribution in [0.1, 0.15) is 37.2 Å². The molecule has 1 atom stereocenters. The van der Waals surface area contributed by atoms with E-state index in [0.717, 1.165) is 31.7 Å². The molecule has 0 saturated heterocycles. The van der Waals surface area contributed by atoms with Crippen LogP contribution in [-0.2, 0) is 4.74 Å². The van der Waals surface area contributed by atoms with Crippen molar-refractivity contribution in [1.29, 1.82) is 0 Å². The molecule has 1 unspecified atom stereocenters. The molecule has 1 heterocycles. The van der Waals surface area contributed by atoms with Gasteiger partial charge in [0.05, 0.1) is 11.9 Å². The van der Waals surface area contributed by atoms with Crippen molar-refractivity contribution in [3.63, 3.8) is 0 Å². The third-order valence-electron chi connectivity index (χ3n) is 2.84. The van der Waals surface area contributed by atoms with Crippen LogP contribution in [0.3, 0.4) is 0 Å². The van der Waals surface area contributed by atoms with Crippen LogP contribution >= 0.6 is 0 Å². The van der Waals surface area contributed by atoms with Crippen molar-refractivity contribution in [1.82, 2.24) is 10.3 Å². The highest BCUT2D eigenvalue weighted by Gasteiger charge is 2.09. The Balaban J connectivity index is 2.44. The normalized spacial score (nSPS) is 11.9. The van der Waals surface area contributed by atoms with Gasteiger partial charge in [-0.3, -0.25) is 4.79 Å². The van der Waals surface area contributed by atoms with E-state index in [-0.39, 0.29) is 11.9 Å². The average molecular weight is 265 g/mol. The number of nitrogens with zero attached hydrogens (tertiary/aromatic N) is 1. The second-order valence-corrected chi connectivity index (χ2v) is 4.49. The molecule has 0 fully saturated rings. The fraction of sp³-hybridized carbons (Fsp3) is 0.571. The Bertz CT molecular complexity index is 379. The number of amides is 1. The zero-order valence-corrected chi connectivity index (χ0v) is 11.9. The van der Waals surface area contributed by atoms with E-state index in [1.807, 2.05) is 19.9 Å². The molecule has 0 aliphatic heterocycles. The molecule has 1 aromatic rings. The highest BCUT2D eigenvalue weighted by Crippen LogP contribution is 2.06. The summed E-state index contributed by atoms with van der Waals surface area (Å²) in [4.78, 5) is 16.0. The van der Waals surface area contributed by atoms with E-state index in [2.05, 4.69) is 15.6 Å². The molecule has 19 heavy (non-hydrogen) atoms. The molecular weight excluding hydrogens is 242 g/mol. The maximum atomic E-state index is 11.8. The van der Waals surface area contributed by atoms with Gasteiger partial charge >= 0.3 is 0 Å². The Labute approximate surface area is 114 Å². The first kappa shape index (κ1) is 15.4. The molecular formula is C14H23N3O2. The number of anilines is 1. The number of pyridine rings is 1. The number of carbonyl (C=O) groups excluding carboxylic acids is 1. The Morgan fingerprint density at radius 1 is 1.47 bits per heavy atom. The lowest BCUT2D eigenvalue weighted by Gasteiger charge is -2.11.